The molecule has 0 aromatic heterocycles. The fourth-order valence-electron chi connectivity index (χ4n) is 5.23. The minimum atomic E-state index is -4.44. The van der Waals surface area contributed by atoms with Crippen molar-refractivity contribution >= 4 is 39.1 Å². The maximum atomic E-state index is 13.4. The van der Waals surface area contributed by atoms with Crippen LogP contribution < -0.4 is 18.9 Å². The van der Waals surface area contributed by atoms with E-state index in [0.29, 0.717) is 45.3 Å². The Hall–Kier alpha value is -5.57. The third-order valence-corrected chi connectivity index (χ3v) is 8.78. The molecule has 15 heteroatoms. The van der Waals surface area contributed by atoms with Crippen molar-refractivity contribution in [2.75, 3.05) is 42.7 Å². The van der Waals surface area contributed by atoms with Crippen molar-refractivity contribution in [3.8, 4) is 23.0 Å². The van der Waals surface area contributed by atoms with Gasteiger partial charge in [0, 0.05) is 15.6 Å². The van der Waals surface area contributed by atoms with Crippen molar-refractivity contribution in [1.82, 2.24) is 0 Å². The summed E-state index contributed by atoms with van der Waals surface area (Å²) >= 11 is 3.47. The Balaban J connectivity index is 0.000000294. The lowest BCUT2D eigenvalue weighted by atomic mass is 9.93. The molecule has 0 atom stereocenters. The fraction of sp³-hybridized carbons (Fsp3) is 0.282. The van der Waals surface area contributed by atoms with Crippen LogP contribution in [0.25, 0.3) is 0 Å². The van der Waals surface area contributed by atoms with E-state index in [-0.39, 0.29) is 29.4 Å². The van der Waals surface area contributed by atoms with E-state index in [1.54, 1.807) is 43.5 Å². The SMILES string of the molecule is CO/N=C(/C(=O)OC)c1ccccc1CO/N=C(\C)c1cccc(C(F)(F)F)c1.COc1cc(C)c(C(=O)c2c(OC)ccc(Br)c2C)c(OC)c1OC. The minimum Gasteiger partial charge on any atom is -0.496 e. The zero-order chi connectivity index (χ0) is 40.2. The third-order valence-electron chi connectivity index (χ3n) is 7.92. The number of alkyl halides is 3. The average Bonchev–Trinajstić information content (AvgIpc) is 3.17. The molecule has 4 aromatic carbocycles. The number of oxime groups is 2. The molecule has 0 radical (unpaired) electrons. The molecule has 0 amide bonds. The molecule has 4 aromatic rings. The molecular formula is C39H40BrF3N2O9. The smallest absolute Gasteiger partial charge is 0.416 e. The average molecular weight is 818 g/mol. The van der Waals surface area contributed by atoms with E-state index in [1.165, 1.54) is 54.6 Å². The van der Waals surface area contributed by atoms with Crippen molar-refractivity contribution in [3.05, 3.63) is 116 Å². The van der Waals surface area contributed by atoms with Crippen LogP contribution in [0.3, 0.4) is 0 Å². The van der Waals surface area contributed by atoms with Crippen LogP contribution in [0.1, 0.15) is 56.2 Å². The number of halogens is 4. The molecule has 0 spiro atoms. The fourth-order valence-corrected chi connectivity index (χ4v) is 5.56. The summed E-state index contributed by atoms with van der Waals surface area (Å²) in [4.78, 5) is 35.3. The molecule has 4 rings (SSSR count). The second kappa shape index (κ2) is 19.5. The number of esters is 1. The minimum absolute atomic E-state index is 0.0484. The standard InChI is InChI=1S/C20H19F3N2O4.C19H21BrO5/c1-13(14-8-6-9-16(11-14)20(21,22)23)24-29-12-15-7-4-5-10-17(15)18(25-28-3)19(26)27-2;1-10-9-14(23-4)18(24-5)19(25-6)15(10)17(21)16-11(2)12(20)7-8-13(16)22-3/h4-11H,12H2,1-3H3;7-9H,1-6H3/b24-13+,25-18+;. The van der Waals surface area contributed by atoms with E-state index in [1.807, 2.05) is 19.9 Å². The number of carbonyl (C=O) groups excluding carboxylic acids is 2. The molecule has 0 fully saturated rings. The number of methoxy groups -OCH3 is 5. The van der Waals surface area contributed by atoms with Gasteiger partial charge in [-0.25, -0.2) is 4.79 Å². The molecule has 0 saturated heterocycles. The summed E-state index contributed by atoms with van der Waals surface area (Å²) in [5.41, 5.74) is 3.13. The number of carbonyl (C=O) groups is 2. The van der Waals surface area contributed by atoms with Gasteiger partial charge in [0.2, 0.25) is 11.5 Å². The van der Waals surface area contributed by atoms with E-state index in [0.717, 1.165) is 27.7 Å². The highest BCUT2D eigenvalue weighted by Gasteiger charge is 2.31. The molecule has 11 nitrogen and oxygen atoms in total. The van der Waals surface area contributed by atoms with Gasteiger partial charge >= 0.3 is 12.1 Å². The Bertz CT molecular complexity index is 2030. The molecule has 288 valence electrons. The van der Waals surface area contributed by atoms with Gasteiger partial charge in [-0.2, -0.15) is 13.2 Å². The van der Waals surface area contributed by atoms with Crippen LogP contribution in [-0.2, 0) is 32.0 Å². The molecule has 0 aliphatic carbocycles. The summed E-state index contributed by atoms with van der Waals surface area (Å²) < 4.78 is 65.7. The Labute approximate surface area is 319 Å². The normalized spacial score (nSPS) is 11.5. The summed E-state index contributed by atoms with van der Waals surface area (Å²) in [7, 11) is 8.60. The molecular weight excluding hydrogens is 777 g/mol. The van der Waals surface area contributed by atoms with E-state index < -0.39 is 17.7 Å². The summed E-state index contributed by atoms with van der Waals surface area (Å²) in [5, 5.41) is 7.58. The third kappa shape index (κ3) is 10.1. The molecule has 0 N–H and O–H groups in total. The molecule has 54 heavy (non-hydrogen) atoms. The number of nitrogens with zero attached hydrogens (tertiary/aromatic N) is 2. The predicted octanol–water partition coefficient (Wildman–Crippen LogP) is 8.50. The van der Waals surface area contributed by atoms with E-state index in [9.17, 15) is 22.8 Å². The van der Waals surface area contributed by atoms with Gasteiger partial charge in [0.1, 0.15) is 19.5 Å². The monoisotopic (exact) mass is 816 g/mol. The lowest BCUT2D eigenvalue weighted by Gasteiger charge is -2.19. The highest BCUT2D eigenvalue weighted by atomic mass is 79.9. The number of benzene rings is 4. The van der Waals surface area contributed by atoms with E-state index >= 15 is 0 Å². The van der Waals surface area contributed by atoms with Crippen LogP contribution in [0.15, 0.2) is 81.5 Å². The Kier molecular flexibility index (Phi) is 15.5. The van der Waals surface area contributed by atoms with Crippen molar-refractivity contribution in [2.24, 2.45) is 10.3 Å². The molecule has 0 aliphatic rings. The maximum absolute atomic E-state index is 13.4. The van der Waals surface area contributed by atoms with Crippen molar-refractivity contribution < 1.29 is 56.1 Å². The number of hydrogen-bond acceptors (Lipinski definition) is 11. The summed E-state index contributed by atoms with van der Waals surface area (Å²) in [6.07, 6.45) is -4.44. The highest BCUT2D eigenvalue weighted by Crippen LogP contribution is 2.44. The van der Waals surface area contributed by atoms with Crippen LogP contribution in [0.2, 0.25) is 0 Å². The van der Waals surface area contributed by atoms with Gasteiger partial charge in [-0.3, -0.25) is 4.79 Å². The second-order valence-corrected chi connectivity index (χ2v) is 12.1. The van der Waals surface area contributed by atoms with Gasteiger partial charge in [0.25, 0.3) is 0 Å². The van der Waals surface area contributed by atoms with Crippen LogP contribution in [0, 0.1) is 13.8 Å². The zero-order valence-corrected chi connectivity index (χ0v) is 32.7. The Morgan fingerprint density at radius 1 is 0.759 bits per heavy atom. The first-order chi connectivity index (χ1) is 25.7. The molecule has 0 unspecified atom stereocenters. The number of ether oxygens (including phenoxy) is 5. The first-order valence-corrected chi connectivity index (χ1v) is 16.8. The van der Waals surface area contributed by atoms with Gasteiger partial charge in [0.05, 0.1) is 58.0 Å². The summed E-state index contributed by atoms with van der Waals surface area (Å²) in [6.45, 7) is 5.18. The van der Waals surface area contributed by atoms with Crippen LogP contribution in [0.5, 0.6) is 23.0 Å². The lowest BCUT2D eigenvalue weighted by Crippen LogP contribution is -2.19. The number of ketones is 1. The first-order valence-electron chi connectivity index (χ1n) is 16.0. The van der Waals surface area contributed by atoms with Crippen LogP contribution in [-0.4, -0.2) is 65.8 Å². The zero-order valence-electron chi connectivity index (χ0n) is 31.1. The van der Waals surface area contributed by atoms with Crippen molar-refractivity contribution in [2.45, 2.75) is 33.6 Å². The van der Waals surface area contributed by atoms with Crippen LogP contribution in [0.4, 0.5) is 13.2 Å². The van der Waals surface area contributed by atoms with E-state index in [2.05, 4.69) is 26.2 Å². The predicted molar refractivity (Wildman–Crippen MR) is 200 cm³/mol. The van der Waals surface area contributed by atoms with Crippen molar-refractivity contribution in [3.63, 3.8) is 0 Å². The first kappa shape index (κ1) is 42.8. The molecule has 0 heterocycles. The lowest BCUT2D eigenvalue weighted by molar-refractivity contribution is -0.137. The van der Waals surface area contributed by atoms with Crippen LogP contribution >= 0.6 is 15.9 Å². The number of aryl methyl sites for hydroxylation is 1. The quantitative estimate of drug-likeness (QED) is 0.0566. The molecule has 0 saturated carbocycles. The Morgan fingerprint density at radius 3 is 2.02 bits per heavy atom. The van der Waals surface area contributed by atoms with Gasteiger partial charge in [-0.1, -0.05) is 62.6 Å². The van der Waals surface area contributed by atoms with Crippen molar-refractivity contribution in [1.29, 1.82) is 0 Å². The topological polar surface area (TPSA) is 123 Å². The summed E-state index contributed by atoms with van der Waals surface area (Å²) in [5.74, 6) is 0.832. The van der Waals surface area contributed by atoms with Gasteiger partial charge in [-0.05, 0) is 67.8 Å². The number of rotatable bonds is 13. The molecule has 0 aliphatic heterocycles. The Morgan fingerprint density at radius 2 is 1.43 bits per heavy atom. The highest BCUT2D eigenvalue weighted by molar-refractivity contribution is 9.10. The van der Waals surface area contributed by atoms with Gasteiger partial charge in [0.15, 0.2) is 17.2 Å². The second-order valence-electron chi connectivity index (χ2n) is 11.2. The van der Waals surface area contributed by atoms with E-state index in [4.69, 9.17) is 33.4 Å². The molecule has 0 bridgehead atoms. The summed E-state index contributed by atoms with van der Waals surface area (Å²) in [6, 6.07) is 16.9. The largest absolute Gasteiger partial charge is 0.496 e. The van der Waals surface area contributed by atoms with Gasteiger partial charge < -0.3 is 33.4 Å². The number of hydrogen-bond donors (Lipinski definition) is 0. The maximum Gasteiger partial charge on any atom is 0.416 e. The van der Waals surface area contributed by atoms with Gasteiger partial charge in [-0.15, -0.1) is 0 Å².